The van der Waals surface area contributed by atoms with Crippen LogP contribution in [0, 0.1) is 5.82 Å². The summed E-state index contributed by atoms with van der Waals surface area (Å²) in [5.74, 6) is -1.49. The second-order valence-corrected chi connectivity index (χ2v) is 5.09. The molecule has 0 spiro atoms. The zero-order chi connectivity index (χ0) is 18.2. The maximum Gasteiger partial charge on any atom is 0.344 e. The van der Waals surface area contributed by atoms with Crippen LogP contribution in [0.5, 0.6) is 5.75 Å². The Morgan fingerprint density at radius 2 is 1.76 bits per heavy atom. The smallest absolute Gasteiger partial charge is 0.344 e. The molecular formula is C18H16FNO5. The van der Waals surface area contributed by atoms with E-state index in [1.807, 2.05) is 0 Å². The van der Waals surface area contributed by atoms with E-state index >= 15 is 0 Å². The van der Waals surface area contributed by atoms with Crippen molar-refractivity contribution < 1.29 is 28.2 Å². The standard InChI is InChI=1S/C18H16FNO5/c1-12(21)13-5-7-16(8-6-13)24-11-18(23)25-10-17(22)20-15-4-2-3-14(19)9-15/h2-9H,10-11H2,1H3,(H,20,22). The number of benzene rings is 2. The summed E-state index contributed by atoms with van der Waals surface area (Å²) in [6.07, 6.45) is 0. The molecule has 130 valence electrons. The van der Waals surface area contributed by atoms with Gasteiger partial charge in [0, 0.05) is 11.3 Å². The van der Waals surface area contributed by atoms with E-state index in [2.05, 4.69) is 5.32 Å². The van der Waals surface area contributed by atoms with Gasteiger partial charge in [-0.3, -0.25) is 9.59 Å². The molecule has 2 aromatic carbocycles. The summed E-state index contributed by atoms with van der Waals surface area (Å²) in [5, 5.41) is 2.40. The summed E-state index contributed by atoms with van der Waals surface area (Å²) >= 11 is 0. The number of hydrogen-bond donors (Lipinski definition) is 1. The van der Waals surface area contributed by atoms with Gasteiger partial charge in [-0.25, -0.2) is 9.18 Å². The molecule has 0 atom stereocenters. The molecule has 7 heteroatoms. The Labute approximate surface area is 143 Å². The van der Waals surface area contributed by atoms with E-state index in [0.717, 1.165) is 6.07 Å². The van der Waals surface area contributed by atoms with Crippen LogP contribution in [0.1, 0.15) is 17.3 Å². The van der Waals surface area contributed by atoms with Crippen LogP contribution in [-0.2, 0) is 14.3 Å². The number of ether oxygens (including phenoxy) is 2. The fourth-order valence-corrected chi connectivity index (χ4v) is 1.88. The van der Waals surface area contributed by atoms with Crippen LogP contribution in [0.4, 0.5) is 10.1 Å². The molecule has 0 radical (unpaired) electrons. The monoisotopic (exact) mass is 345 g/mol. The molecule has 0 heterocycles. The van der Waals surface area contributed by atoms with Gasteiger partial charge >= 0.3 is 5.97 Å². The molecule has 6 nitrogen and oxygen atoms in total. The minimum atomic E-state index is -0.731. The molecule has 2 aromatic rings. The number of carbonyl (C=O) groups is 3. The number of carbonyl (C=O) groups excluding carboxylic acids is 3. The molecule has 1 amide bonds. The highest BCUT2D eigenvalue weighted by Crippen LogP contribution is 2.12. The fraction of sp³-hybridized carbons (Fsp3) is 0.167. The molecule has 0 aliphatic carbocycles. The Morgan fingerprint density at radius 1 is 1.04 bits per heavy atom. The SMILES string of the molecule is CC(=O)c1ccc(OCC(=O)OCC(=O)Nc2cccc(F)c2)cc1. The number of Topliss-reactive ketones (excluding diaryl/α,β-unsaturated/α-hetero) is 1. The van der Waals surface area contributed by atoms with E-state index < -0.39 is 24.3 Å². The van der Waals surface area contributed by atoms with E-state index in [1.54, 1.807) is 24.3 Å². The van der Waals surface area contributed by atoms with Gasteiger partial charge in [-0.2, -0.15) is 0 Å². The van der Waals surface area contributed by atoms with Crippen molar-refractivity contribution in [3.05, 3.63) is 59.9 Å². The van der Waals surface area contributed by atoms with Crippen LogP contribution < -0.4 is 10.1 Å². The molecule has 0 aliphatic heterocycles. The number of nitrogens with one attached hydrogen (secondary N) is 1. The molecule has 0 fully saturated rings. The second-order valence-electron chi connectivity index (χ2n) is 5.09. The number of halogens is 1. The molecule has 25 heavy (non-hydrogen) atoms. The lowest BCUT2D eigenvalue weighted by atomic mass is 10.1. The topological polar surface area (TPSA) is 81.7 Å². The first-order valence-corrected chi connectivity index (χ1v) is 7.39. The van der Waals surface area contributed by atoms with Gasteiger partial charge in [0.1, 0.15) is 11.6 Å². The van der Waals surface area contributed by atoms with Crippen LogP contribution in [-0.4, -0.2) is 30.9 Å². The van der Waals surface area contributed by atoms with E-state index in [9.17, 15) is 18.8 Å². The number of hydrogen-bond acceptors (Lipinski definition) is 5. The average molecular weight is 345 g/mol. The molecule has 2 rings (SSSR count). The Bertz CT molecular complexity index is 773. The molecule has 0 aromatic heterocycles. The first kappa shape index (κ1) is 18.1. The van der Waals surface area contributed by atoms with Crippen LogP contribution in [0.25, 0.3) is 0 Å². The molecule has 1 N–H and O–H groups in total. The van der Waals surface area contributed by atoms with Gasteiger partial charge in [0.15, 0.2) is 19.0 Å². The predicted octanol–water partition coefficient (Wildman–Crippen LogP) is 2.59. The maximum atomic E-state index is 13.0. The van der Waals surface area contributed by atoms with Crippen molar-refractivity contribution in [2.45, 2.75) is 6.92 Å². The lowest BCUT2D eigenvalue weighted by Gasteiger charge is -2.08. The Kier molecular flexibility index (Phi) is 6.22. The zero-order valence-corrected chi connectivity index (χ0v) is 13.5. The molecule has 0 saturated heterocycles. The third-order valence-corrected chi connectivity index (χ3v) is 3.09. The van der Waals surface area contributed by atoms with Gasteiger partial charge in [0.25, 0.3) is 5.91 Å². The molecular weight excluding hydrogens is 329 g/mol. The number of anilines is 1. The lowest BCUT2D eigenvalue weighted by molar-refractivity contribution is -0.149. The Balaban J connectivity index is 1.73. The Morgan fingerprint density at radius 3 is 2.40 bits per heavy atom. The van der Waals surface area contributed by atoms with Crippen LogP contribution in [0.3, 0.4) is 0 Å². The third-order valence-electron chi connectivity index (χ3n) is 3.09. The Hall–Kier alpha value is -3.22. The molecule has 0 bridgehead atoms. The van der Waals surface area contributed by atoms with Crippen molar-refractivity contribution in [3.63, 3.8) is 0 Å². The highest BCUT2D eigenvalue weighted by Gasteiger charge is 2.09. The average Bonchev–Trinajstić information content (AvgIpc) is 2.58. The number of ketones is 1. The summed E-state index contributed by atoms with van der Waals surface area (Å²) < 4.78 is 23.0. The predicted molar refractivity (Wildman–Crippen MR) is 87.9 cm³/mol. The zero-order valence-electron chi connectivity index (χ0n) is 13.5. The molecule has 0 saturated carbocycles. The van der Waals surface area contributed by atoms with Crippen molar-refractivity contribution in [3.8, 4) is 5.75 Å². The lowest BCUT2D eigenvalue weighted by Crippen LogP contribution is -2.23. The second kappa shape index (κ2) is 8.58. The van der Waals surface area contributed by atoms with Crippen LogP contribution >= 0.6 is 0 Å². The van der Waals surface area contributed by atoms with Crippen molar-refractivity contribution in [1.82, 2.24) is 0 Å². The number of rotatable bonds is 7. The number of amides is 1. The number of esters is 1. The van der Waals surface area contributed by atoms with Crippen molar-refractivity contribution in [2.75, 3.05) is 18.5 Å². The van der Waals surface area contributed by atoms with Gasteiger partial charge in [-0.1, -0.05) is 6.07 Å². The van der Waals surface area contributed by atoms with Crippen LogP contribution in [0.2, 0.25) is 0 Å². The normalized spacial score (nSPS) is 10.0. The van der Waals surface area contributed by atoms with Crippen LogP contribution in [0.15, 0.2) is 48.5 Å². The maximum absolute atomic E-state index is 13.0. The van der Waals surface area contributed by atoms with Crippen molar-refractivity contribution in [1.29, 1.82) is 0 Å². The van der Waals surface area contributed by atoms with Gasteiger partial charge in [-0.05, 0) is 49.4 Å². The summed E-state index contributed by atoms with van der Waals surface area (Å²) in [5.41, 5.74) is 0.798. The summed E-state index contributed by atoms with van der Waals surface area (Å²) in [4.78, 5) is 34.3. The highest BCUT2D eigenvalue weighted by molar-refractivity contribution is 5.94. The minimum absolute atomic E-state index is 0.0738. The quantitative estimate of drug-likeness (QED) is 0.616. The van der Waals surface area contributed by atoms with Crippen molar-refractivity contribution in [2.24, 2.45) is 0 Å². The first-order chi connectivity index (χ1) is 11.9. The first-order valence-electron chi connectivity index (χ1n) is 7.39. The highest BCUT2D eigenvalue weighted by atomic mass is 19.1. The largest absolute Gasteiger partial charge is 0.482 e. The van der Waals surface area contributed by atoms with Gasteiger partial charge < -0.3 is 14.8 Å². The van der Waals surface area contributed by atoms with E-state index in [4.69, 9.17) is 9.47 Å². The van der Waals surface area contributed by atoms with Crippen molar-refractivity contribution >= 4 is 23.3 Å². The van der Waals surface area contributed by atoms with Gasteiger partial charge in [-0.15, -0.1) is 0 Å². The van der Waals surface area contributed by atoms with E-state index in [1.165, 1.54) is 25.1 Å². The van der Waals surface area contributed by atoms with Gasteiger partial charge in [0.2, 0.25) is 0 Å². The van der Waals surface area contributed by atoms with E-state index in [0.29, 0.717) is 11.3 Å². The molecule has 0 aliphatic rings. The summed E-state index contributed by atoms with van der Waals surface area (Å²) in [6.45, 7) is 0.552. The fourth-order valence-electron chi connectivity index (χ4n) is 1.88. The van der Waals surface area contributed by atoms with Gasteiger partial charge in [0.05, 0.1) is 0 Å². The third kappa shape index (κ3) is 6.06. The minimum Gasteiger partial charge on any atom is -0.482 e. The summed E-state index contributed by atoms with van der Waals surface area (Å²) in [7, 11) is 0. The van der Waals surface area contributed by atoms with E-state index in [-0.39, 0.29) is 18.1 Å². The summed E-state index contributed by atoms with van der Waals surface area (Å²) in [6, 6.07) is 11.6. The molecule has 0 unspecified atom stereocenters.